The molecule has 14 N–H and O–H groups in total. The highest BCUT2D eigenvalue weighted by Gasteiger charge is 2.73. The van der Waals surface area contributed by atoms with Crippen LogP contribution >= 0.6 is 0 Å². The summed E-state index contributed by atoms with van der Waals surface area (Å²) in [5.74, 6) is -2.89. The predicted molar refractivity (Wildman–Crippen MR) is 245 cm³/mol. The lowest BCUT2D eigenvalue weighted by atomic mass is 9.46. The average Bonchev–Trinajstić information content (AvgIpc) is 3.86. The number of fused-ring (bicyclic) bond motifs is 7. The van der Waals surface area contributed by atoms with E-state index >= 15 is 0 Å². The number of ether oxygens (including phenoxy) is 10. The second kappa shape index (κ2) is 20.8. The van der Waals surface area contributed by atoms with Crippen LogP contribution in [0.15, 0.2) is 23.5 Å². The van der Waals surface area contributed by atoms with Crippen molar-refractivity contribution in [3.63, 3.8) is 0 Å². The SMILES string of the molecule is CC1=COC2(O[C@H]3CC4C5CC=C6C[C@@H](O)C[C@@H](O[C@@H]7O[C@H](CO)[C@@H](O)[C@H](O[C@@H]8OC[C@@H](O)[C@H](O)[C@H]8O)[C@H]7O[C@@H]7O[C@@H](C)[C@H](O)[C@@H](O)[C@H]7O)[C@]6(C)C5CC[C@]4(C)[C@H]3[C@@H]2CO)C(O)C1O[C@@H]1O[C@H](C)[C@H](O)[C@H](O)[C@H]1O. The first-order valence-electron chi connectivity index (χ1n) is 26.3. The third-order valence-electron chi connectivity index (χ3n) is 19.3. The predicted octanol–water partition coefficient (Wildman–Crippen LogP) is -4.14. The van der Waals surface area contributed by atoms with Crippen LogP contribution < -0.4 is 0 Å². The van der Waals surface area contributed by atoms with Crippen molar-refractivity contribution in [2.75, 3.05) is 19.8 Å². The Morgan fingerprint density at radius 3 is 1.95 bits per heavy atom. The zero-order chi connectivity index (χ0) is 53.2. The molecule has 3 saturated carbocycles. The molecular formula is C50H78O24. The lowest BCUT2D eigenvalue weighted by Gasteiger charge is -2.61. The lowest BCUT2D eigenvalue weighted by Crippen LogP contribution is -2.67. The zero-order valence-electron chi connectivity index (χ0n) is 42.1. The molecule has 4 aliphatic carbocycles. The van der Waals surface area contributed by atoms with Gasteiger partial charge in [-0.1, -0.05) is 25.5 Å². The van der Waals surface area contributed by atoms with Crippen molar-refractivity contribution in [2.24, 2.45) is 40.4 Å². The zero-order valence-corrected chi connectivity index (χ0v) is 42.1. The summed E-state index contributed by atoms with van der Waals surface area (Å²) in [6, 6.07) is 0. The van der Waals surface area contributed by atoms with Gasteiger partial charge in [-0.05, 0) is 81.6 Å². The molecule has 10 aliphatic rings. The normalized spacial score (nSPS) is 57.4. The largest absolute Gasteiger partial charge is 0.467 e. The van der Waals surface area contributed by atoms with E-state index in [0.717, 1.165) is 5.57 Å². The summed E-state index contributed by atoms with van der Waals surface area (Å²) in [7, 11) is 0. The lowest BCUT2D eigenvalue weighted by molar-refractivity contribution is -0.393. The average molecular weight is 1060 g/mol. The number of hydrogen-bond acceptors (Lipinski definition) is 24. The monoisotopic (exact) mass is 1060 g/mol. The third kappa shape index (κ3) is 8.87. The quantitative estimate of drug-likeness (QED) is 0.0924. The van der Waals surface area contributed by atoms with Gasteiger partial charge >= 0.3 is 0 Å². The molecule has 6 unspecified atom stereocenters. The minimum absolute atomic E-state index is 0.00628. The Kier molecular flexibility index (Phi) is 15.6. The minimum Gasteiger partial charge on any atom is -0.467 e. The first-order chi connectivity index (χ1) is 35.0. The van der Waals surface area contributed by atoms with Gasteiger partial charge in [-0.3, -0.25) is 0 Å². The van der Waals surface area contributed by atoms with Crippen LogP contribution in [0.1, 0.15) is 73.1 Å². The van der Waals surface area contributed by atoms with Crippen molar-refractivity contribution in [1.82, 2.24) is 0 Å². The molecule has 32 atom stereocenters. The highest BCUT2D eigenvalue weighted by molar-refractivity contribution is 5.29. The van der Waals surface area contributed by atoms with Gasteiger partial charge in [-0.2, -0.15) is 0 Å². The maximum Gasteiger partial charge on any atom is 0.244 e. The Labute approximate surface area is 427 Å². The highest BCUT2D eigenvalue weighted by atomic mass is 16.8. The smallest absolute Gasteiger partial charge is 0.244 e. The maximum atomic E-state index is 12.2. The van der Waals surface area contributed by atoms with Gasteiger partial charge in [0.2, 0.25) is 5.79 Å². The number of hydrogen-bond donors (Lipinski definition) is 14. The first kappa shape index (κ1) is 55.7. The summed E-state index contributed by atoms with van der Waals surface area (Å²) >= 11 is 0. The molecule has 0 aromatic rings. The fourth-order valence-electron chi connectivity index (χ4n) is 15.1. The van der Waals surface area contributed by atoms with Crippen molar-refractivity contribution in [3.8, 4) is 0 Å². The molecule has 0 aromatic carbocycles. The van der Waals surface area contributed by atoms with Crippen LogP contribution in [0.2, 0.25) is 0 Å². The molecule has 6 aliphatic heterocycles. The second-order valence-corrected chi connectivity index (χ2v) is 23.3. The Morgan fingerprint density at radius 2 is 1.30 bits per heavy atom. The van der Waals surface area contributed by atoms with E-state index in [9.17, 15) is 71.5 Å². The molecule has 24 nitrogen and oxygen atoms in total. The van der Waals surface area contributed by atoms with Gasteiger partial charge in [0.05, 0.1) is 62.5 Å². The van der Waals surface area contributed by atoms with E-state index in [0.29, 0.717) is 37.7 Å². The molecule has 0 radical (unpaired) electrons. The summed E-state index contributed by atoms with van der Waals surface area (Å²) in [4.78, 5) is 0. The first-order valence-corrected chi connectivity index (χ1v) is 26.3. The number of aliphatic hydroxyl groups excluding tert-OH is 14. The van der Waals surface area contributed by atoms with Crippen LogP contribution in [0.4, 0.5) is 0 Å². The fraction of sp³-hybridized carbons (Fsp3) is 0.920. The van der Waals surface area contributed by atoms with Crippen LogP contribution in [-0.4, -0.2) is 244 Å². The molecule has 422 valence electrons. The van der Waals surface area contributed by atoms with Gasteiger partial charge in [0.25, 0.3) is 0 Å². The molecule has 0 amide bonds. The molecule has 8 fully saturated rings. The van der Waals surface area contributed by atoms with Crippen molar-refractivity contribution in [2.45, 2.75) is 226 Å². The van der Waals surface area contributed by atoms with Gasteiger partial charge in [-0.15, -0.1) is 0 Å². The van der Waals surface area contributed by atoms with Gasteiger partial charge in [0, 0.05) is 17.8 Å². The summed E-state index contributed by atoms with van der Waals surface area (Å²) in [5, 5.41) is 153. The second-order valence-electron chi connectivity index (χ2n) is 23.3. The summed E-state index contributed by atoms with van der Waals surface area (Å²) < 4.78 is 62.3. The number of rotatable bonds is 10. The van der Waals surface area contributed by atoms with Crippen LogP contribution in [0.5, 0.6) is 0 Å². The van der Waals surface area contributed by atoms with Crippen LogP contribution in [-0.2, 0) is 47.4 Å². The van der Waals surface area contributed by atoms with E-state index in [2.05, 4.69) is 19.9 Å². The van der Waals surface area contributed by atoms with E-state index in [4.69, 9.17) is 47.4 Å². The van der Waals surface area contributed by atoms with Gasteiger partial charge in [0.1, 0.15) is 91.6 Å². The van der Waals surface area contributed by atoms with Crippen molar-refractivity contribution in [3.05, 3.63) is 23.5 Å². The standard InChI is InChI=1S/C50H78O24/c1-17-15-66-50(43(64)40(17)71-45-38(62)35(59)31(55)18(2)67-45)25(13-51)30-27(74-50)12-24-22-7-6-20-10-21(53)11-29(49(20,5)23(22)8-9-48(24,30)4)70-47-42(73-46-39(63)36(60)32(56)19(3)68-46)41(34(58)28(14-52)69-47)72-44-37(61)33(57)26(54)16-65-44/h6,15,18-19,21-47,51-64H,7-14,16H2,1-5H3/t18-,19+,21-,22?,23?,24?,25+,26-,27+,28-,29-,30+,31+,32+,33+,34-,35+,36-,37-,38-,39-,40?,41+,42-,43?,44+,45+,46+,47+,48+,49+,50?/m1/s1. The third-order valence-corrected chi connectivity index (χ3v) is 19.3. The molecule has 5 saturated heterocycles. The van der Waals surface area contributed by atoms with Crippen LogP contribution in [0.25, 0.3) is 0 Å². The maximum absolute atomic E-state index is 12.2. The molecule has 1 spiro atoms. The molecule has 0 bridgehead atoms. The van der Waals surface area contributed by atoms with Crippen molar-refractivity contribution in [1.29, 1.82) is 0 Å². The van der Waals surface area contributed by atoms with Gasteiger partial charge < -0.3 is 119 Å². The van der Waals surface area contributed by atoms with Crippen molar-refractivity contribution >= 4 is 0 Å². The molecular weight excluding hydrogens is 985 g/mol. The summed E-state index contributed by atoms with van der Waals surface area (Å²) in [6.07, 6.45) is -27.8. The van der Waals surface area contributed by atoms with Gasteiger partial charge in [-0.25, -0.2) is 0 Å². The Morgan fingerprint density at radius 1 is 0.662 bits per heavy atom. The molecule has 6 heterocycles. The van der Waals surface area contributed by atoms with Crippen LogP contribution in [0.3, 0.4) is 0 Å². The Balaban J connectivity index is 0.924. The van der Waals surface area contributed by atoms with Gasteiger partial charge in [0.15, 0.2) is 25.2 Å². The molecule has 74 heavy (non-hydrogen) atoms. The van der Waals surface area contributed by atoms with E-state index < -0.39 is 190 Å². The summed E-state index contributed by atoms with van der Waals surface area (Å²) in [5.41, 5.74) is 0.131. The van der Waals surface area contributed by atoms with Crippen molar-refractivity contribution < 1.29 is 119 Å². The van der Waals surface area contributed by atoms with E-state index in [1.807, 2.05) is 0 Å². The molecule has 10 rings (SSSR count). The topological polar surface area (TPSA) is 376 Å². The number of aliphatic hydroxyl groups is 14. The minimum atomic E-state index is -1.85. The number of allylic oxidation sites excluding steroid dienone is 1. The molecule has 0 aromatic heterocycles. The summed E-state index contributed by atoms with van der Waals surface area (Å²) in [6.45, 7) is 7.26. The van der Waals surface area contributed by atoms with E-state index in [-0.39, 0.29) is 30.1 Å². The Bertz CT molecular complexity index is 2050. The molecule has 24 heteroatoms. The fourth-order valence-corrected chi connectivity index (χ4v) is 15.1. The Hall–Kier alpha value is -1.64. The van der Waals surface area contributed by atoms with E-state index in [1.165, 1.54) is 20.1 Å². The highest BCUT2D eigenvalue weighted by Crippen LogP contribution is 2.71. The van der Waals surface area contributed by atoms with E-state index in [1.54, 1.807) is 6.92 Å². The van der Waals surface area contributed by atoms with Crippen LogP contribution in [0, 0.1) is 40.4 Å².